The van der Waals surface area contributed by atoms with Gasteiger partial charge in [-0.1, -0.05) is 35.0 Å². The van der Waals surface area contributed by atoms with Gasteiger partial charge in [0.05, 0.1) is 4.92 Å². The monoisotopic (exact) mass is 348 g/mol. The summed E-state index contributed by atoms with van der Waals surface area (Å²) in [4.78, 5) is 21.6. The molecule has 1 N–H and O–H groups in total. The van der Waals surface area contributed by atoms with Crippen molar-refractivity contribution in [2.75, 3.05) is 5.32 Å². The summed E-state index contributed by atoms with van der Waals surface area (Å²) < 4.78 is 0.876. The number of hydrogen-bond donors (Lipinski definition) is 1. The first-order chi connectivity index (χ1) is 10.0. The van der Waals surface area contributed by atoms with Crippen molar-refractivity contribution in [3.8, 4) is 0 Å². The highest BCUT2D eigenvalue weighted by atomic mass is 79.9. The van der Waals surface area contributed by atoms with Crippen molar-refractivity contribution in [3.63, 3.8) is 0 Å². The summed E-state index contributed by atoms with van der Waals surface area (Å²) >= 11 is 3.35. The van der Waals surface area contributed by atoms with E-state index < -0.39 is 4.92 Å². The highest BCUT2D eigenvalue weighted by Crippen LogP contribution is 2.31. The van der Waals surface area contributed by atoms with Crippen LogP contribution < -0.4 is 5.32 Å². The summed E-state index contributed by atoms with van der Waals surface area (Å²) in [6.45, 7) is 1.70. The minimum atomic E-state index is -0.457. The van der Waals surface area contributed by atoms with Crippen LogP contribution >= 0.6 is 15.9 Å². The van der Waals surface area contributed by atoms with E-state index in [1.54, 1.807) is 19.1 Å². The molecule has 21 heavy (non-hydrogen) atoms. The largest absolute Gasteiger partial charge is 0.350 e. The van der Waals surface area contributed by atoms with Crippen LogP contribution in [-0.4, -0.2) is 11.2 Å². The maximum atomic E-state index is 11.2. The molecule has 0 aliphatic rings. The van der Waals surface area contributed by atoms with Gasteiger partial charge in [0.2, 0.25) is 0 Å². The molecule has 0 spiro atoms. The number of benzene rings is 2. The summed E-state index contributed by atoms with van der Waals surface area (Å²) in [6.07, 6.45) is 0.764. The lowest BCUT2D eigenvalue weighted by atomic mass is 10.0. The molecule has 6 heteroatoms. The number of hydrogen-bond acceptors (Lipinski definition) is 4. The van der Waals surface area contributed by atoms with Crippen LogP contribution in [0.3, 0.4) is 0 Å². The van der Waals surface area contributed by atoms with Crippen molar-refractivity contribution in [3.05, 3.63) is 62.6 Å². The average molecular weight is 349 g/mol. The Balaban J connectivity index is 2.39. The third kappa shape index (κ3) is 3.66. The molecule has 2 aromatic rings. The third-order valence-corrected chi connectivity index (χ3v) is 3.55. The van der Waals surface area contributed by atoms with E-state index in [1.807, 2.05) is 24.3 Å². The van der Waals surface area contributed by atoms with E-state index in [0.29, 0.717) is 11.3 Å². The number of aldehydes is 1. The smallest absolute Gasteiger partial charge is 0.292 e. The average Bonchev–Trinajstić information content (AvgIpc) is 2.46. The normalized spacial score (nSPS) is 11.7. The summed E-state index contributed by atoms with van der Waals surface area (Å²) in [5.41, 5.74) is 1.70. The van der Waals surface area contributed by atoms with E-state index in [4.69, 9.17) is 0 Å². The lowest BCUT2D eigenvalue weighted by Gasteiger charge is -2.10. The summed E-state index contributed by atoms with van der Waals surface area (Å²) in [6, 6.07) is 12.1. The fourth-order valence-corrected chi connectivity index (χ4v) is 2.29. The highest BCUT2D eigenvalue weighted by molar-refractivity contribution is 9.10. The number of halogens is 1. The Hall–Kier alpha value is -2.21. The van der Waals surface area contributed by atoms with Gasteiger partial charge in [0.25, 0.3) is 5.69 Å². The number of carbonyl (C=O) groups excluding carboxylic acids is 1. The van der Waals surface area contributed by atoms with Gasteiger partial charge in [0, 0.05) is 22.1 Å². The number of carbonyl (C=O) groups is 1. The van der Waals surface area contributed by atoms with E-state index in [-0.39, 0.29) is 11.6 Å². The lowest BCUT2D eigenvalue weighted by Crippen LogP contribution is -2.00. The molecule has 0 radical (unpaired) electrons. The molecular formula is C15H13BrN2O3. The van der Waals surface area contributed by atoms with Gasteiger partial charge in [-0.2, -0.15) is 0 Å². The first kappa shape index (κ1) is 15.2. The Morgan fingerprint density at radius 1 is 1.29 bits per heavy atom. The van der Waals surface area contributed by atoms with Gasteiger partial charge in [0.1, 0.15) is 12.0 Å². The molecule has 0 bridgehead atoms. The van der Waals surface area contributed by atoms with Gasteiger partial charge in [-0.3, -0.25) is 10.1 Å². The first-order valence-electron chi connectivity index (χ1n) is 6.27. The second-order valence-electron chi connectivity index (χ2n) is 4.59. The quantitative estimate of drug-likeness (QED) is 0.493. The molecule has 108 valence electrons. The minimum absolute atomic E-state index is 0.0545. The number of anilines is 2. The molecule has 0 amide bonds. The molecule has 2 aromatic carbocycles. The number of nitro groups is 1. The van der Waals surface area contributed by atoms with Gasteiger partial charge in [-0.05, 0) is 29.8 Å². The van der Waals surface area contributed by atoms with Crippen LogP contribution in [0.5, 0.6) is 0 Å². The van der Waals surface area contributed by atoms with Crippen molar-refractivity contribution >= 4 is 39.3 Å². The Bertz CT molecular complexity index is 688. The predicted octanol–water partition coefficient (Wildman–Crippen LogP) is 4.40. The van der Waals surface area contributed by atoms with Gasteiger partial charge in [-0.15, -0.1) is 0 Å². The van der Waals surface area contributed by atoms with Crippen LogP contribution in [0.25, 0.3) is 0 Å². The second-order valence-corrected chi connectivity index (χ2v) is 5.51. The maximum absolute atomic E-state index is 11.2. The molecule has 0 aliphatic carbocycles. The Labute approximate surface area is 130 Å². The van der Waals surface area contributed by atoms with Crippen molar-refractivity contribution < 1.29 is 9.72 Å². The first-order valence-corrected chi connectivity index (χ1v) is 7.07. The maximum Gasteiger partial charge on any atom is 0.292 e. The molecule has 2 rings (SSSR count). The van der Waals surface area contributed by atoms with E-state index in [1.165, 1.54) is 6.07 Å². The van der Waals surface area contributed by atoms with Crippen molar-refractivity contribution in [2.45, 2.75) is 12.8 Å². The third-order valence-electron chi connectivity index (χ3n) is 3.05. The van der Waals surface area contributed by atoms with Crippen LogP contribution in [0.1, 0.15) is 18.4 Å². The summed E-state index contributed by atoms with van der Waals surface area (Å²) in [5.74, 6) is -0.372. The summed E-state index contributed by atoms with van der Waals surface area (Å²) in [5, 5.41) is 14.2. The van der Waals surface area contributed by atoms with Crippen molar-refractivity contribution in [2.24, 2.45) is 0 Å². The van der Waals surface area contributed by atoms with Crippen LogP contribution in [0, 0.1) is 10.1 Å². The molecule has 0 aromatic heterocycles. The molecule has 5 nitrogen and oxygen atoms in total. The minimum Gasteiger partial charge on any atom is -0.350 e. The van der Waals surface area contributed by atoms with Gasteiger partial charge in [-0.25, -0.2) is 0 Å². The molecule has 1 unspecified atom stereocenters. The van der Waals surface area contributed by atoms with Crippen LogP contribution in [0.15, 0.2) is 46.9 Å². The van der Waals surface area contributed by atoms with Crippen LogP contribution in [-0.2, 0) is 4.79 Å². The van der Waals surface area contributed by atoms with Gasteiger partial charge < -0.3 is 10.1 Å². The van der Waals surface area contributed by atoms with Crippen molar-refractivity contribution in [1.29, 1.82) is 0 Å². The topological polar surface area (TPSA) is 72.2 Å². The molecule has 0 saturated carbocycles. The Morgan fingerprint density at radius 2 is 2.05 bits per heavy atom. The molecule has 0 saturated heterocycles. The molecule has 0 heterocycles. The van der Waals surface area contributed by atoms with E-state index >= 15 is 0 Å². The standard InChI is InChI=1S/C15H13BrN2O3/c1-10(9-19)11-5-6-14(15(7-11)18(20)21)17-13-4-2-3-12(16)8-13/h2-10,17H,1H3. The highest BCUT2D eigenvalue weighted by Gasteiger charge is 2.17. The van der Waals surface area contributed by atoms with E-state index in [0.717, 1.165) is 16.4 Å². The molecular weight excluding hydrogens is 336 g/mol. The number of nitrogens with one attached hydrogen (secondary N) is 1. The molecule has 1 atom stereocenters. The van der Waals surface area contributed by atoms with Crippen LogP contribution in [0.2, 0.25) is 0 Å². The van der Waals surface area contributed by atoms with E-state index in [2.05, 4.69) is 21.2 Å². The zero-order valence-corrected chi connectivity index (χ0v) is 12.8. The molecule has 0 fully saturated rings. The Morgan fingerprint density at radius 3 is 2.67 bits per heavy atom. The number of nitro benzene ring substituents is 1. The number of nitrogens with zero attached hydrogens (tertiary/aromatic N) is 1. The van der Waals surface area contributed by atoms with Crippen molar-refractivity contribution in [1.82, 2.24) is 0 Å². The fraction of sp³-hybridized carbons (Fsp3) is 0.133. The zero-order valence-electron chi connectivity index (χ0n) is 11.2. The van der Waals surface area contributed by atoms with Crippen LogP contribution in [0.4, 0.5) is 17.1 Å². The van der Waals surface area contributed by atoms with Gasteiger partial charge in [0.15, 0.2) is 0 Å². The lowest BCUT2D eigenvalue weighted by molar-refractivity contribution is -0.384. The predicted molar refractivity (Wildman–Crippen MR) is 85.0 cm³/mol. The van der Waals surface area contributed by atoms with Gasteiger partial charge >= 0.3 is 0 Å². The zero-order chi connectivity index (χ0) is 15.4. The second kappa shape index (κ2) is 6.49. The Kier molecular flexibility index (Phi) is 4.70. The van der Waals surface area contributed by atoms with E-state index in [9.17, 15) is 14.9 Å². The fourth-order valence-electron chi connectivity index (χ4n) is 1.89. The summed E-state index contributed by atoms with van der Waals surface area (Å²) in [7, 11) is 0. The SMILES string of the molecule is CC(C=O)c1ccc(Nc2cccc(Br)c2)c([N+](=O)[O-])c1. The number of rotatable bonds is 5. The molecule has 0 aliphatic heterocycles.